The number of hydrogen-bond acceptors (Lipinski definition) is 5. The highest BCUT2D eigenvalue weighted by atomic mass is 16.5. The molecule has 0 radical (unpaired) electrons. The van der Waals surface area contributed by atoms with Crippen LogP contribution < -0.4 is 10.6 Å². The van der Waals surface area contributed by atoms with Gasteiger partial charge in [-0.05, 0) is 25.7 Å². The quantitative estimate of drug-likeness (QED) is 0.746. The standard InChI is InChI=1S/C13H20N4O2/c1-19-10-4-2-9(3-5-10)17-11(18)8-16-12-13(17)15-7-6-14-12/h6-7,9-10,12,14,16H,2-5,8H2,1H3. The van der Waals surface area contributed by atoms with Crippen LogP contribution in [0.15, 0.2) is 17.4 Å². The lowest BCUT2D eigenvalue weighted by Crippen LogP contribution is -2.65. The zero-order chi connectivity index (χ0) is 13.2. The first kappa shape index (κ1) is 12.6. The number of ether oxygens (including phenoxy) is 1. The average Bonchev–Trinajstić information content (AvgIpc) is 2.47. The van der Waals surface area contributed by atoms with Gasteiger partial charge in [0.05, 0.1) is 12.6 Å². The zero-order valence-electron chi connectivity index (χ0n) is 11.1. The molecule has 3 rings (SSSR count). The number of piperazine rings is 1. The number of hydrogen-bond donors (Lipinski definition) is 2. The van der Waals surface area contributed by atoms with E-state index in [2.05, 4.69) is 15.6 Å². The van der Waals surface area contributed by atoms with Crippen molar-refractivity contribution in [2.24, 2.45) is 4.99 Å². The predicted octanol–water partition coefficient (Wildman–Crippen LogP) is 0.175. The number of amides is 1. The Balaban J connectivity index is 1.76. The number of carbonyl (C=O) groups excluding carboxylic acids is 1. The third-order valence-corrected chi connectivity index (χ3v) is 4.12. The molecule has 1 saturated carbocycles. The summed E-state index contributed by atoms with van der Waals surface area (Å²) in [5.41, 5.74) is 0. The maximum atomic E-state index is 12.2. The topological polar surface area (TPSA) is 66.0 Å². The minimum Gasteiger partial charge on any atom is -0.381 e. The van der Waals surface area contributed by atoms with Crippen LogP contribution in [0.4, 0.5) is 0 Å². The lowest BCUT2D eigenvalue weighted by atomic mass is 9.91. The van der Waals surface area contributed by atoms with E-state index in [1.807, 2.05) is 4.90 Å². The Labute approximate surface area is 112 Å². The van der Waals surface area contributed by atoms with Crippen molar-refractivity contribution in [3.63, 3.8) is 0 Å². The van der Waals surface area contributed by atoms with Gasteiger partial charge in [-0.15, -0.1) is 0 Å². The molecule has 1 unspecified atom stereocenters. The van der Waals surface area contributed by atoms with E-state index in [4.69, 9.17) is 4.74 Å². The molecule has 0 aromatic carbocycles. The number of fused-ring (bicyclic) bond motifs is 1. The van der Waals surface area contributed by atoms with E-state index in [0.29, 0.717) is 12.6 Å². The smallest absolute Gasteiger partial charge is 0.242 e. The molecule has 19 heavy (non-hydrogen) atoms. The maximum absolute atomic E-state index is 12.2. The van der Waals surface area contributed by atoms with Gasteiger partial charge >= 0.3 is 0 Å². The average molecular weight is 264 g/mol. The first-order valence-electron chi connectivity index (χ1n) is 6.86. The molecule has 2 heterocycles. The highest BCUT2D eigenvalue weighted by molar-refractivity contribution is 6.04. The molecule has 1 amide bonds. The van der Waals surface area contributed by atoms with Crippen LogP contribution in [0.2, 0.25) is 0 Å². The number of nitrogens with one attached hydrogen (secondary N) is 2. The number of rotatable bonds is 2. The van der Waals surface area contributed by atoms with E-state index >= 15 is 0 Å². The van der Waals surface area contributed by atoms with E-state index < -0.39 is 0 Å². The molecule has 2 N–H and O–H groups in total. The molecule has 1 aliphatic carbocycles. The molecular formula is C13H20N4O2. The monoisotopic (exact) mass is 264 g/mol. The van der Waals surface area contributed by atoms with Crippen molar-refractivity contribution in [3.8, 4) is 0 Å². The minimum atomic E-state index is -0.0390. The van der Waals surface area contributed by atoms with E-state index in [0.717, 1.165) is 31.5 Å². The molecular weight excluding hydrogens is 244 g/mol. The van der Waals surface area contributed by atoms with Crippen LogP contribution in [0.5, 0.6) is 0 Å². The van der Waals surface area contributed by atoms with E-state index in [1.165, 1.54) is 0 Å². The second-order valence-corrected chi connectivity index (χ2v) is 5.21. The summed E-state index contributed by atoms with van der Waals surface area (Å²) in [5.74, 6) is 0.924. The van der Waals surface area contributed by atoms with Crippen LogP contribution in [0.1, 0.15) is 25.7 Å². The van der Waals surface area contributed by atoms with Crippen molar-refractivity contribution in [1.82, 2.24) is 15.5 Å². The minimum absolute atomic E-state index is 0.0390. The molecule has 3 aliphatic rings. The molecule has 0 bridgehead atoms. The molecule has 2 aliphatic heterocycles. The summed E-state index contributed by atoms with van der Waals surface area (Å²) >= 11 is 0. The van der Waals surface area contributed by atoms with Crippen molar-refractivity contribution >= 4 is 11.7 Å². The normalized spacial score (nSPS) is 34.6. The molecule has 6 heteroatoms. The third-order valence-electron chi connectivity index (χ3n) is 4.12. The van der Waals surface area contributed by atoms with Gasteiger partial charge in [-0.25, -0.2) is 4.99 Å². The van der Waals surface area contributed by atoms with Gasteiger partial charge in [-0.2, -0.15) is 0 Å². The Bertz CT molecular complexity index is 413. The van der Waals surface area contributed by atoms with Crippen molar-refractivity contribution in [2.75, 3.05) is 13.7 Å². The molecule has 2 fully saturated rings. The van der Waals surface area contributed by atoms with Gasteiger partial charge in [0.1, 0.15) is 12.0 Å². The number of nitrogens with zero attached hydrogens (tertiary/aromatic N) is 2. The molecule has 0 aromatic rings. The zero-order valence-corrected chi connectivity index (χ0v) is 11.1. The van der Waals surface area contributed by atoms with Gasteiger partial charge in [0, 0.05) is 25.6 Å². The van der Waals surface area contributed by atoms with Gasteiger partial charge in [-0.3, -0.25) is 15.0 Å². The summed E-state index contributed by atoms with van der Waals surface area (Å²) in [5, 5.41) is 6.34. The van der Waals surface area contributed by atoms with Crippen molar-refractivity contribution in [2.45, 2.75) is 44.0 Å². The van der Waals surface area contributed by atoms with Gasteiger partial charge in [0.25, 0.3) is 0 Å². The van der Waals surface area contributed by atoms with Gasteiger partial charge in [0.2, 0.25) is 5.91 Å². The van der Waals surface area contributed by atoms with E-state index in [1.54, 1.807) is 19.5 Å². The fourth-order valence-electron chi connectivity index (χ4n) is 3.09. The predicted molar refractivity (Wildman–Crippen MR) is 71.4 cm³/mol. The Morgan fingerprint density at radius 2 is 2.16 bits per heavy atom. The fraction of sp³-hybridized carbons (Fsp3) is 0.692. The largest absolute Gasteiger partial charge is 0.381 e. The van der Waals surface area contributed by atoms with E-state index in [9.17, 15) is 4.79 Å². The summed E-state index contributed by atoms with van der Waals surface area (Å²) in [4.78, 5) is 18.5. The van der Waals surface area contributed by atoms with Gasteiger partial charge < -0.3 is 10.1 Å². The summed E-state index contributed by atoms with van der Waals surface area (Å²) in [6.07, 6.45) is 7.81. The number of carbonyl (C=O) groups is 1. The van der Waals surface area contributed by atoms with E-state index in [-0.39, 0.29) is 18.1 Å². The summed E-state index contributed by atoms with van der Waals surface area (Å²) in [6, 6.07) is 0.260. The summed E-state index contributed by atoms with van der Waals surface area (Å²) < 4.78 is 5.39. The molecule has 0 spiro atoms. The highest BCUT2D eigenvalue weighted by Crippen LogP contribution is 2.26. The summed E-state index contributed by atoms with van der Waals surface area (Å²) in [6.45, 7) is 0.370. The Morgan fingerprint density at radius 3 is 2.89 bits per heavy atom. The fourth-order valence-corrected chi connectivity index (χ4v) is 3.09. The molecule has 6 nitrogen and oxygen atoms in total. The highest BCUT2D eigenvalue weighted by Gasteiger charge is 2.38. The maximum Gasteiger partial charge on any atom is 0.242 e. The van der Waals surface area contributed by atoms with Crippen molar-refractivity contribution < 1.29 is 9.53 Å². The van der Waals surface area contributed by atoms with Crippen LogP contribution >= 0.6 is 0 Å². The summed E-state index contributed by atoms with van der Waals surface area (Å²) in [7, 11) is 1.76. The Hall–Kier alpha value is -1.40. The number of methoxy groups -OCH3 is 1. The molecule has 1 saturated heterocycles. The first-order chi connectivity index (χ1) is 9.29. The van der Waals surface area contributed by atoms with Crippen LogP contribution in [-0.2, 0) is 9.53 Å². The second kappa shape index (κ2) is 5.30. The van der Waals surface area contributed by atoms with Crippen LogP contribution in [0, 0.1) is 0 Å². The number of aliphatic imine (C=N–C) groups is 1. The van der Waals surface area contributed by atoms with Crippen LogP contribution in [-0.4, -0.2) is 48.6 Å². The molecule has 104 valence electrons. The third kappa shape index (κ3) is 2.37. The second-order valence-electron chi connectivity index (χ2n) is 5.21. The molecule has 1 atom stereocenters. The van der Waals surface area contributed by atoms with Gasteiger partial charge in [-0.1, -0.05) is 0 Å². The number of amidine groups is 1. The lowest BCUT2D eigenvalue weighted by molar-refractivity contribution is -0.130. The van der Waals surface area contributed by atoms with Crippen molar-refractivity contribution in [3.05, 3.63) is 12.4 Å². The van der Waals surface area contributed by atoms with Crippen LogP contribution in [0.25, 0.3) is 0 Å². The Morgan fingerprint density at radius 1 is 1.37 bits per heavy atom. The first-order valence-corrected chi connectivity index (χ1v) is 6.86. The Kier molecular flexibility index (Phi) is 3.52. The van der Waals surface area contributed by atoms with Crippen molar-refractivity contribution in [1.29, 1.82) is 0 Å². The molecule has 0 aromatic heterocycles. The SMILES string of the molecule is COC1CCC(N2C(=O)CNC3NC=CN=C32)CC1. The van der Waals surface area contributed by atoms with Gasteiger partial charge in [0.15, 0.2) is 0 Å². The van der Waals surface area contributed by atoms with Crippen LogP contribution in [0.3, 0.4) is 0 Å². The lowest BCUT2D eigenvalue weighted by Gasteiger charge is -2.42.